The molecule has 122 valence electrons. The molecule has 6 nitrogen and oxygen atoms in total. The van der Waals surface area contributed by atoms with E-state index in [2.05, 4.69) is 10.2 Å². The Morgan fingerprint density at radius 1 is 1.21 bits per heavy atom. The number of thioether (sulfide) groups is 1. The summed E-state index contributed by atoms with van der Waals surface area (Å²) in [6.45, 7) is 0.176. The van der Waals surface area contributed by atoms with Crippen molar-refractivity contribution < 1.29 is 14.3 Å². The molecular weight excluding hydrogens is 373 g/mol. The summed E-state index contributed by atoms with van der Waals surface area (Å²) in [5, 5.41) is 9.49. The van der Waals surface area contributed by atoms with Crippen LogP contribution in [0.5, 0.6) is 11.5 Å². The van der Waals surface area contributed by atoms with Crippen molar-refractivity contribution in [3.8, 4) is 11.5 Å². The van der Waals surface area contributed by atoms with Gasteiger partial charge in [0.1, 0.15) is 0 Å². The van der Waals surface area contributed by atoms with E-state index in [1.54, 1.807) is 34.9 Å². The maximum atomic E-state index is 12.4. The summed E-state index contributed by atoms with van der Waals surface area (Å²) in [4.78, 5) is 12.4. The largest absolute Gasteiger partial charge is 0.454 e. The van der Waals surface area contributed by atoms with Gasteiger partial charge in [0, 0.05) is 11.8 Å². The Morgan fingerprint density at radius 2 is 2.04 bits per heavy atom. The number of fused-ring (bicyclic) bond motifs is 2. The average molecular weight is 382 g/mol. The zero-order chi connectivity index (χ0) is 16.7. The summed E-state index contributed by atoms with van der Waals surface area (Å²) in [5.74, 6) is 1.37. The first kappa shape index (κ1) is 15.6. The van der Waals surface area contributed by atoms with Crippen LogP contribution in [-0.2, 0) is 0 Å². The number of benzene rings is 1. The zero-order valence-corrected chi connectivity index (χ0v) is 14.4. The van der Waals surface area contributed by atoms with Crippen LogP contribution < -0.4 is 9.47 Å². The summed E-state index contributed by atoms with van der Waals surface area (Å²) >= 11 is 13.3. The molecule has 1 aliphatic heterocycles. The van der Waals surface area contributed by atoms with E-state index in [0.29, 0.717) is 37.9 Å². The van der Waals surface area contributed by atoms with Gasteiger partial charge in [0.05, 0.1) is 15.8 Å². The first-order chi connectivity index (χ1) is 11.6. The molecule has 0 amide bonds. The molecule has 0 saturated heterocycles. The van der Waals surface area contributed by atoms with Gasteiger partial charge in [-0.05, 0) is 24.3 Å². The molecule has 1 aliphatic rings. The number of halogens is 2. The van der Waals surface area contributed by atoms with Crippen LogP contribution in [0.25, 0.3) is 5.65 Å². The lowest BCUT2D eigenvalue weighted by atomic mass is 10.1. The highest BCUT2D eigenvalue weighted by atomic mass is 35.5. The Hall–Kier alpha value is -1.96. The summed E-state index contributed by atoms with van der Waals surface area (Å²) in [6.07, 6.45) is 1.66. The van der Waals surface area contributed by atoms with Crippen molar-refractivity contribution >= 4 is 46.4 Å². The number of carbonyl (C=O) groups excluding carboxylic acids is 1. The van der Waals surface area contributed by atoms with Gasteiger partial charge in [-0.25, -0.2) is 0 Å². The fraction of sp³-hybridized carbons (Fsp3) is 0.133. The van der Waals surface area contributed by atoms with Crippen molar-refractivity contribution in [2.45, 2.75) is 5.16 Å². The number of carbonyl (C=O) groups is 1. The number of Topliss-reactive ketones (excluding diaryl/α,β-unsaturated/α-hetero) is 1. The number of ketones is 1. The average Bonchev–Trinajstić information content (AvgIpc) is 3.18. The van der Waals surface area contributed by atoms with Gasteiger partial charge in [-0.15, -0.1) is 10.2 Å². The lowest BCUT2D eigenvalue weighted by Gasteiger charge is -2.03. The second-order valence-electron chi connectivity index (χ2n) is 4.96. The van der Waals surface area contributed by atoms with E-state index in [4.69, 9.17) is 32.7 Å². The Morgan fingerprint density at radius 3 is 2.92 bits per heavy atom. The predicted octanol–water partition coefficient (Wildman–Crippen LogP) is 3.74. The van der Waals surface area contributed by atoms with Crippen LogP contribution in [0.2, 0.25) is 10.0 Å². The normalized spacial score (nSPS) is 12.8. The molecule has 0 bridgehead atoms. The van der Waals surface area contributed by atoms with Gasteiger partial charge < -0.3 is 9.47 Å². The van der Waals surface area contributed by atoms with Gasteiger partial charge in [0.15, 0.2) is 28.1 Å². The zero-order valence-electron chi connectivity index (χ0n) is 12.0. The maximum absolute atomic E-state index is 12.4. The second-order valence-corrected chi connectivity index (χ2v) is 6.75. The number of hydrogen-bond donors (Lipinski definition) is 0. The van der Waals surface area contributed by atoms with E-state index in [-0.39, 0.29) is 18.3 Å². The fourth-order valence-corrected chi connectivity index (χ4v) is 3.60. The van der Waals surface area contributed by atoms with Gasteiger partial charge >= 0.3 is 0 Å². The summed E-state index contributed by atoms with van der Waals surface area (Å²) < 4.78 is 12.2. The molecule has 9 heteroatoms. The maximum Gasteiger partial charge on any atom is 0.231 e. The van der Waals surface area contributed by atoms with Crippen LogP contribution in [0.1, 0.15) is 10.4 Å². The number of ether oxygens (including phenoxy) is 2. The van der Waals surface area contributed by atoms with Crippen molar-refractivity contribution in [2.24, 2.45) is 0 Å². The minimum absolute atomic E-state index is 0.0526. The third-order valence-electron chi connectivity index (χ3n) is 3.42. The lowest BCUT2D eigenvalue weighted by molar-refractivity contribution is 0.102. The third kappa shape index (κ3) is 2.79. The quantitative estimate of drug-likeness (QED) is 0.506. The molecular formula is C15H9Cl2N3O3S. The smallest absolute Gasteiger partial charge is 0.231 e. The Kier molecular flexibility index (Phi) is 3.99. The van der Waals surface area contributed by atoms with Crippen LogP contribution in [0, 0.1) is 0 Å². The second kappa shape index (κ2) is 6.16. The highest BCUT2D eigenvalue weighted by molar-refractivity contribution is 7.99. The SMILES string of the molecule is O=C(CSc1nnc2c(Cl)cc(Cl)cn12)c1ccc2c(c1)OCO2. The van der Waals surface area contributed by atoms with E-state index in [9.17, 15) is 4.79 Å². The van der Waals surface area contributed by atoms with E-state index in [0.717, 1.165) is 0 Å². The van der Waals surface area contributed by atoms with Crippen LogP contribution >= 0.6 is 35.0 Å². The van der Waals surface area contributed by atoms with Crippen molar-refractivity contribution in [1.82, 2.24) is 14.6 Å². The number of aromatic nitrogens is 3. The highest BCUT2D eigenvalue weighted by Crippen LogP contribution is 2.33. The van der Waals surface area contributed by atoms with Crippen LogP contribution in [-0.4, -0.2) is 32.9 Å². The van der Waals surface area contributed by atoms with Crippen LogP contribution in [0.4, 0.5) is 0 Å². The monoisotopic (exact) mass is 381 g/mol. The minimum Gasteiger partial charge on any atom is -0.454 e. The van der Waals surface area contributed by atoms with Crippen molar-refractivity contribution in [3.63, 3.8) is 0 Å². The molecule has 4 rings (SSSR count). The van der Waals surface area contributed by atoms with Crippen molar-refractivity contribution in [2.75, 3.05) is 12.5 Å². The molecule has 0 aliphatic carbocycles. The minimum atomic E-state index is -0.0526. The summed E-state index contributed by atoms with van der Waals surface area (Å²) in [7, 11) is 0. The standard InChI is InChI=1S/C15H9Cl2N3O3S/c16-9-4-10(17)14-18-19-15(20(14)5-9)24-6-11(21)8-1-2-12-13(3-8)23-7-22-12/h1-5H,6-7H2. The third-order valence-corrected chi connectivity index (χ3v) is 4.85. The van der Waals surface area contributed by atoms with Crippen molar-refractivity contribution in [3.05, 3.63) is 46.1 Å². The summed E-state index contributed by atoms with van der Waals surface area (Å²) in [6, 6.07) is 6.72. The molecule has 0 atom stereocenters. The summed E-state index contributed by atoms with van der Waals surface area (Å²) in [5.41, 5.74) is 1.05. The van der Waals surface area contributed by atoms with Gasteiger partial charge in [-0.3, -0.25) is 9.20 Å². The Labute approximate surface area is 150 Å². The molecule has 2 aromatic heterocycles. The molecule has 0 spiro atoms. The first-order valence-electron chi connectivity index (χ1n) is 6.87. The van der Waals surface area contributed by atoms with Gasteiger partial charge in [-0.2, -0.15) is 0 Å². The molecule has 0 radical (unpaired) electrons. The molecule has 3 aromatic rings. The highest BCUT2D eigenvalue weighted by Gasteiger charge is 2.17. The molecule has 3 heterocycles. The number of hydrogen-bond acceptors (Lipinski definition) is 6. The molecule has 1 aromatic carbocycles. The molecule has 0 saturated carbocycles. The lowest BCUT2D eigenvalue weighted by Crippen LogP contribution is -2.03. The molecule has 0 unspecified atom stereocenters. The number of nitrogens with zero attached hydrogens (tertiary/aromatic N) is 3. The topological polar surface area (TPSA) is 65.7 Å². The van der Waals surface area contributed by atoms with Gasteiger partial charge in [-0.1, -0.05) is 35.0 Å². The fourth-order valence-electron chi connectivity index (χ4n) is 2.28. The molecule has 0 N–H and O–H groups in total. The first-order valence-corrected chi connectivity index (χ1v) is 8.61. The van der Waals surface area contributed by atoms with Crippen molar-refractivity contribution in [1.29, 1.82) is 0 Å². The molecule has 0 fully saturated rings. The van der Waals surface area contributed by atoms with E-state index < -0.39 is 0 Å². The predicted molar refractivity (Wildman–Crippen MR) is 90.6 cm³/mol. The van der Waals surface area contributed by atoms with Gasteiger partial charge in [0.2, 0.25) is 6.79 Å². The van der Waals surface area contributed by atoms with Crippen LogP contribution in [0.15, 0.2) is 35.6 Å². The van der Waals surface area contributed by atoms with E-state index in [1.807, 2.05) is 0 Å². The number of pyridine rings is 1. The number of rotatable bonds is 4. The molecule has 24 heavy (non-hydrogen) atoms. The van der Waals surface area contributed by atoms with E-state index in [1.165, 1.54) is 11.8 Å². The Bertz CT molecular complexity index is 961. The van der Waals surface area contributed by atoms with Crippen LogP contribution in [0.3, 0.4) is 0 Å². The van der Waals surface area contributed by atoms with Gasteiger partial charge in [0.25, 0.3) is 0 Å². The van der Waals surface area contributed by atoms with E-state index >= 15 is 0 Å². The Balaban J connectivity index is 1.54.